The van der Waals surface area contributed by atoms with Crippen LogP contribution in [0.1, 0.15) is 5.89 Å². The van der Waals surface area contributed by atoms with Gasteiger partial charge in [-0.05, 0) is 46.8 Å². The standard InChI is InChI=1S/C15H12N6O3S/c1-22-11-6-4-10(5-7-11)21-15(18-19-20-21)25-9-13-16-17-14(24-13)12-3-2-8-23-12/h2-8H,9H2,1H3. The van der Waals surface area contributed by atoms with Gasteiger partial charge in [-0.3, -0.25) is 0 Å². The van der Waals surface area contributed by atoms with Crippen molar-refractivity contribution in [3.8, 4) is 23.1 Å². The highest BCUT2D eigenvalue weighted by Gasteiger charge is 2.14. The van der Waals surface area contributed by atoms with Crippen molar-refractivity contribution in [3.63, 3.8) is 0 Å². The zero-order valence-electron chi connectivity index (χ0n) is 13.1. The maximum atomic E-state index is 5.57. The van der Waals surface area contributed by atoms with Gasteiger partial charge >= 0.3 is 0 Å². The van der Waals surface area contributed by atoms with Crippen molar-refractivity contribution in [2.45, 2.75) is 10.9 Å². The molecular weight excluding hydrogens is 344 g/mol. The van der Waals surface area contributed by atoms with Gasteiger partial charge in [0.15, 0.2) is 5.76 Å². The molecule has 3 heterocycles. The molecule has 0 fully saturated rings. The van der Waals surface area contributed by atoms with Crippen molar-refractivity contribution in [1.82, 2.24) is 30.4 Å². The second kappa shape index (κ2) is 6.77. The Kier molecular flexibility index (Phi) is 4.17. The van der Waals surface area contributed by atoms with Crippen molar-refractivity contribution in [2.75, 3.05) is 7.11 Å². The monoisotopic (exact) mass is 356 g/mol. The summed E-state index contributed by atoms with van der Waals surface area (Å²) in [6.45, 7) is 0. The minimum atomic E-state index is 0.343. The maximum absolute atomic E-state index is 5.57. The molecule has 25 heavy (non-hydrogen) atoms. The number of benzene rings is 1. The van der Waals surface area contributed by atoms with Gasteiger partial charge in [0.1, 0.15) is 5.75 Å². The summed E-state index contributed by atoms with van der Waals surface area (Å²) in [5.74, 6) is 2.54. The second-order valence-electron chi connectivity index (χ2n) is 4.84. The molecule has 0 aliphatic rings. The summed E-state index contributed by atoms with van der Waals surface area (Å²) in [6.07, 6.45) is 1.55. The van der Waals surface area contributed by atoms with Crippen LogP contribution in [0, 0.1) is 0 Å². The summed E-state index contributed by atoms with van der Waals surface area (Å²) in [6, 6.07) is 11.0. The van der Waals surface area contributed by atoms with E-state index in [2.05, 4.69) is 25.7 Å². The van der Waals surface area contributed by atoms with Gasteiger partial charge in [0.2, 0.25) is 11.0 Å². The molecule has 0 unspecified atom stereocenters. The fourth-order valence-electron chi connectivity index (χ4n) is 2.09. The van der Waals surface area contributed by atoms with E-state index in [0.717, 1.165) is 11.4 Å². The Morgan fingerprint density at radius 3 is 2.76 bits per heavy atom. The molecule has 0 saturated heterocycles. The van der Waals surface area contributed by atoms with Crippen molar-refractivity contribution < 1.29 is 13.6 Å². The summed E-state index contributed by atoms with van der Waals surface area (Å²) >= 11 is 1.39. The average molecular weight is 356 g/mol. The highest BCUT2D eigenvalue weighted by atomic mass is 32.2. The van der Waals surface area contributed by atoms with E-state index in [4.69, 9.17) is 13.6 Å². The average Bonchev–Trinajstić information content (AvgIpc) is 3.40. The number of nitrogens with zero attached hydrogens (tertiary/aromatic N) is 6. The highest BCUT2D eigenvalue weighted by molar-refractivity contribution is 7.98. The van der Waals surface area contributed by atoms with Crippen molar-refractivity contribution in [3.05, 3.63) is 48.6 Å². The number of rotatable bonds is 6. The summed E-state index contributed by atoms with van der Waals surface area (Å²) in [4.78, 5) is 0. The van der Waals surface area contributed by atoms with Gasteiger partial charge in [-0.2, -0.15) is 4.68 Å². The molecule has 3 aromatic heterocycles. The predicted octanol–water partition coefficient (Wildman–Crippen LogP) is 2.61. The zero-order chi connectivity index (χ0) is 17.1. The Morgan fingerprint density at radius 1 is 1.12 bits per heavy atom. The lowest BCUT2D eigenvalue weighted by Gasteiger charge is -2.04. The second-order valence-corrected chi connectivity index (χ2v) is 5.78. The molecule has 0 bridgehead atoms. The number of furan rings is 1. The molecule has 1 aromatic carbocycles. The number of methoxy groups -OCH3 is 1. The fraction of sp³-hybridized carbons (Fsp3) is 0.133. The first-order valence-electron chi connectivity index (χ1n) is 7.25. The largest absolute Gasteiger partial charge is 0.497 e. The third-order valence-electron chi connectivity index (χ3n) is 3.28. The minimum absolute atomic E-state index is 0.343. The van der Waals surface area contributed by atoms with Crippen molar-refractivity contribution in [2.24, 2.45) is 0 Å². The molecule has 0 saturated carbocycles. The van der Waals surface area contributed by atoms with Gasteiger partial charge in [-0.25, -0.2) is 0 Å². The molecule has 10 heteroatoms. The quantitative estimate of drug-likeness (QED) is 0.482. The Balaban J connectivity index is 1.48. The van der Waals surface area contributed by atoms with Gasteiger partial charge in [0.25, 0.3) is 5.89 Å². The lowest BCUT2D eigenvalue weighted by molar-refractivity contribution is 0.414. The number of thioether (sulfide) groups is 1. The molecule has 0 N–H and O–H groups in total. The highest BCUT2D eigenvalue weighted by Crippen LogP contribution is 2.25. The summed E-state index contributed by atoms with van der Waals surface area (Å²) < 4.78 is 17.6. The SMILES string of the molecule is COc1ccc(-n2nnnc2SCc2nnc(-c3ccco3)o2)cc1. The lowest BCUT2D eigenvalue weighted by Crippen LogP contribution is -1.99. The van der Waals surface area contributed by atoms with Crippen molar-refractivity contribution >= 4 is 11.8 Å². The zero-order valence-corrected chi connectivity index (χ0v) is 13.9. The van der Waals surface area contributed by atoms with Crippen LogP contribution in [-0.4, -0.2) is 37.5 Å². The molecule has 0 radical (unpaired) electrons. The molecule has 4 rings (SSSR count). The van der Waals surface area contributed by atoms with Crippen LogP contribution in [0.25, 0.3) is 17.3 Å². The minimum Gasteiger partial charge on any atom is -0.497 e. The summed E-state index contributed by atoms with van der Waals surface area (Å²) in [7, 11) is 1.62. The normalized spacial score (nSPS) is 10.9. The summed E-state index contributed by atoms with van der Waals surface area (Å²) in [5, 5.41) is 20.4. The number of hydrogen-bond acceptors (Lipinski definition) is 9. The van der Waals surface area contributed by atoms with Crippen LogP contribution >= 0.6 is 11.8 Å². The Hall–Kier alpha value is -3.14. The molecule has 4 aromatic rings. The topological polar surface area (TPSA) is 105 Å². The predicted molar refractivity (Wildman–Crippen MR) is 87.3 cm³/mol. The van der Waals surface area contributed by atoms with E-state index in [1.54, 1.807) is 30.2 Å². The fourth-order valence-corrected chi connectivity index (χ4v) is 2.82. The first-order chi connectivity index (χ1) is 12.3. The van der Waals surface area contributed by atoms with E-state index < -0.39 is 0 Å². The number of aromatic nitrogens is 6. The van der Waals surface area contributed by atoms with Gasteiger partial charge in [0.05, 0.1) is 24.8 Å². The van der Waals surface area contributed by atoms with E-state index in [9.17, 15) is 0 Å². The molecule has 0 atom stereocenters. The molecule has 9 nitrogen and oxygen atoms in total. The smallest absolute Gasteiger partial charge is 0.283 e. The maximum Gasteiger partial charge on any atom is 0.283 e. The van der Waals surface area contributed by atoms with Crippen LogP contribution in [0.4, 0.5) is 0 Å². The van der Waals surface area contributed by atoms with E-state index in [1.165, 1.54) is 11.8 Å². The van der Waals surface area contributed by atoms with Crippen LogP contribution in [0.5, 0.6) is 5.75 Å². The van der Waals surface area contributed by atoms with Crippen LogP contribution in [-0.2, 0) is 5.75 Å². The Bertz CT molecular complexity index is 948. The molecule has 0 aliphatic carbocycles. The lowest BCUT2D eigenvalue weighted by atomic mass is 10.3. The van der Waals surface area contributed by atoms with Gasteiger partial charge in [0, 0.05) is 0 Å². The third-order valence-corrected chi connectivity index (χ3v) is 4.19. The van der Waals surface area contributed by atoms with Gasteiger partial charge in [-0.15, -0.1) is 15.3 Å². The van der Waals surface area contributed by atoms with E-state index in [-0.39, 0.29) is 0 Å². The van der Waals surface area contributed by atoms with Crippen LogP contribution in [0.2, 0.25) is 0 Å². The van der Waals surface area contributed by atoms with Crippen LogP contribution < -0.4 is 4.74 Å². The molecular formula is C15H12N6O3S. The molecule has 126 valence electrons. The van der Waals surface area contributed by atoms with E-state index >= 15 is 0 Å². The van der Waals surface area contributed by atoms with Crippen molar-refractivity contribution in [1.29, 1.82) is 0 Å². The third kappa shape index (κ3) is 3.24. The Labute approximate surface area is 146 Å². The summed E-state index contributed by atoms with van der Waals surface area (Å²) in [5.41, 5.74) is 0.829. The number of hydrogen-bond donors (Lipinski definition) is 0. The number of ether oxygens (including phenoxy) is 1. The number of tetrazole rings is 1. The van der Waals surface area contributed by atoms with E-state index in [0.29, 0.717) is 28.5 Å². The Morgan fingerprint density at radius 2 is 2.00 bits per heavy atom. The molecule has 0 amide bonds. The molecule has 0 spiro atoms. The molecule has 0 aliphatic heterocycles. The van der Waals surface area contributed by atoms with Crippen LogP contribution in [0.3, 0.4) is 0 Å². The van der Waals surface area contributed by atoms with Crippen LogP contribution in [0.15, 0.2) is 56.7 Å². The van der Waals surface area contributed by atoms with Gasteiger partial charge < -0.3 is 13.6 Å². The first-order valence-corrected chi connectivity index (χ1v) is 8.24. The first kappa shape index (κ1) is 15.4. The van der Waals surface area contributed by atoms with Gasteiger partial charge in [-0.1, -0.05) is 11.8 Å². The van der Waals surface area contributed by atoms with E-state index in [1.807, 2.05) is 24.3 Å².